The molecule has 1 aromatic carbocycles. The van der Waals surface area contributed by atoms with Crippen molar-refractivity contribution in [2.24, 2.45) is 16.8 Å². The maximum atomic E-state index is 6.22. The smallest absolute Gasteiger partial charge is 0.141 e. The van der Waals surface area contributed by atoms with Crippen LogP contribution in [0.1, 0.15) is 44.7 Å². The van der Waals surface area contributed by atoms with E-state index in [9.17, 15) is 0 Å². The number of aliphatic imine (C=N–C) groups is 1. The van der Waals surface area contributed by atoms with Gasteiger partial charge < -0.3 is 10.2 Å². The lowest BCUT2D eigenvalue weighted by molar-refractivity contribution is 0.107. The highest BCUT2D eigenvalue weighted by atomic mass is 35.5. The van der Waals surface area contributed by atoms with E-state index >= 15 is 0 Å². The summed E-state index contributed by atoms with van der Waals surface area (Å²) >= 11 is 12.3. The Morgan fingerprint density at radius 1 is 1.26 bits per heavy atom. The first-order chi connectivity index (χ1) is 16.4. The molecule has 0 bridgehead atoms. The summed E-state index contributed by atoms with van der Waals surface area (Å²) in [6.07, 6.45) is 10.2. The lowest BCUT2D eigenvalue weighted by Gasteiger charge is -2.25. The van der Waals surface area contributed by atoms with Crippen LogP contribution in [-0.2, 0) is 6.61 Å². The topological polar surface area (TPSA) is 51.4 Å². The van der Waals surface area contributed by atoms with E-state index in [0.29, 0.717) is 16.7 Å². The summed E-state index contributed by atoms with van der Waals surface area (Å²) in [6.45, 7) is 9.41. The molecule has 7 heteroatoms. The number of fused-ring (bicyclic) bond motifs is 1. The van der Waals surface area contributed by atoms with Gasteiger partial charge in [0.05, 0.1) is 15.6 Å². The molecule has 3 aromatic rings. The average molecular weight is 502 g/mol. The molecule has 0 radical (unpaired) electrons. The van der Waals surface area contributed by atoms with E-state index in [2.05, 4.69) is 29.1 Å². The van der Waals surface area contributed by atoms with Crippen molar-refractivity contribution in [1.29, 1.82) is 0 Å². The highest BCUT2D eigenvalue weighted by Gasteiger charge is 2.15. The van der Waals surface area contributed by atoms with Gasteiger partial charge in [-0.1, -0.05) is 55.3 Å². The second kappa shape index (κ2) is 12.9. The van der Waals surface area contributed by atoms with Gasteiger partial charge in [0.25, 0.3) is 0 Å². The average Bonchev–Trinajstić information content (AvgIpc) is 3.26. The molecule has 0 aliphatic carbocycles. The van der Waals surface area contributed by atoms with Crippen LogP contribution in [0.3, 0.4) is 0 Å². The predicted molar refractivity (Wildman–Crippen MR) is 145 cm³/mol. The first kappa shape index (κ1) is 26.3. The predicted octanol–water partition coefficient (Wildman–Crippen LogP) is 6.72. The molecule has 0 unspecified atom stereocenters. The number of nitrogens with zero attached hydrogens (tertiary/aromatic N) is 3. The lowest BCUT2D eigenvalue weighted by atomic mass is 9.87. The van der Waals surface area contributed by atoms with Gasteiger partial charge in [0.15, 0.2) is 0 Å². The van der Waals surface area contributed by atoms with E-state index in [1.165, 1.54) is 25.9 Å². The fourth-order valence-electron chi connectivity index (χ4n) is 4.02. The number of hydrogen-bond donors (Lipinski definition) is 1. The molecule has 0 amide bonds. The maximum absolute atomic E-state index is 6.22. The van der Waals surface area contributed by atoms with E-state index in [1.807, 2.05) is 55.9 Å². The van der Waals surface area contributed by atoms with Gasteiger partial charge in [-0.25, -0.2) is 0 Å². The first-order valence-corrected chi connectivity index (χ1v) is 12.5. The van der Waals surface area contributed by atoms with Crippen molar-refractivity contribution >= 4 is 46.0 Å². The SMILES string of the molecule is C/C=C(\C=NC)c1cnc2ccn(OCc3cccc(Cl)c3Cl)c2c1.CC(C)C1CCNCC1. The fourth-order valence-corrected chi connectivity index (χ4v) is 4.40. The number of allylic oxidation sites excluding steroid dienone is 2. The van der Waals surface area contributed by atoms with Gasteiger partial charge in [0.2, 0.25) is 0 Å². The van der Waals surface area contributed by atoms with Crippen LogP contribution in [0.25, 0.3) is 16.6 Å². The first-order valence-electron chi connectivity index (χ1n) is 11.8. The van der Waals surface area contributed by atoms with E-state index in [4.69, 9.17) is 28.0 Å². The summed E-state index contributed by atoms with van der Waals surface area (Å²) in [4.78, 5) is 14.5. The second-order valence-electron chi connectivity index (χ2n) is 8.72. The summed E-state index contributed by atoms with van der Waals surface area (Å²) in [5.74, 6) is 1.89. The summed E-state index contributed by atoms with van der Waals surface area (Å²) in [6, 6.07) is 9.42. The summed E-state index contributed by atoms with van der Waals surface area (Å²) in [7, 11) is 1.75. The summed E-state index contributed by atoms with van der Waals surface area (Å²) in [5, 5.41) is 4.39. The second-order valence-corrected chi connectivity index (χ2v) is 9.50. The molecule has 2 aromatic heterocycles. The monoisotopic (exact) mass is 500 g/mol. The molecule has 0 spiro atoms. The Morgan fingerprint density at radius 2 is 2.03 bits per heavy atom. The van der Waals surface area contributed by atoms with Crippen LogP contribution in [0.15, 0.2) is 53.8 Å². The highest BCUT2D eigenvalue weighted by Crippen LogP contribution is 2.26. The molecular formula is C27H34Cl2N4O. The number of aromatic nitrogens is 2. The Kier molecular flexibility index (Phi) is 10.00. The van der Waals surface area contributed by atoms with Crippen LogP contribution in [-0.4, -0.2) is 36.1 Å². The van der Waals surface area contributed by atoms with Gasteiger partial charge in [-0.15, -0.1) is 0 Å². The van der Waals surface area contributed by atoms with Crippen LogP contribution >= 0.6 is 23.2 Å². The van der Waals surface area contributed by atoms with Crippen LogP contribution < -0.4 is 10.2 Å². The molecule has 0 saturated carbocycles. The van der Waals surface area contributed by atoms with Gasteiger partial charge in [0.1, 0.15) is 12.1 Å². The van der Waals surface area contributed by atoms with E-state index in [1.54, 1.807) is 17.8 Å². The number of rotatable bonds is 6. The van der Waals surface area contributed by atoms with Gasteiger partial charge in [0, 0.05) is 36.8 Å². The normalized spacial score (nSPS) is 15.1. The number of nitrogens with one attached hydrogen (secondary N) is 1. The van der Waals surface area contributed by atoms with Crippen molar-refractivity contribution in [1.82, 2.24) is 15.0 Å². The molecule has 1 saturated heterocycles. The lowest BCUT2D eigenvalue weighted by Crippen LogP contribution is -2.29. The Balaban J connectivity index is 0.000000302. The van der Waals surface area contributed by atoms with Crippen molar-refractivity contribution in [3.63, 3.8) is 0 Å². The molecule has 5 nitrogen and oxygen atoms in total. The summed E-state index contributed by atoms with van der Waals surface area (Å²) < 4.78 is 1.69. The fraction of sp³-hybridized carbons (Fsp3) is 0.407. The third-order valence-corrected chi connectivity index (χ3v) is 6.99. The van der Waals surface area contributed by atoms with E-state index in [0.717, 1.165) is 39.6 Å². The standard InChI is InChI=1S/C19H17Cl2N3O.C8H17N/c1-3-13(10-22-2)15-9-18-17(23-11-15)7-8-24(18)25-12-14-5-4-6-16(20)19(14)21;1-7(2)8-3-5-9-6-4-8/h3-11H,12H2,1-2H3;7-9H,3-6H2,1-2H3/b13-3+,22-10?;. The Hall–Kier alpha value is -2.34. The van der Waals surface area contributed by atoms with Crippen molar-refractivity contribution in [2.75, 3.05) is 20.1 Å². The molecular weight excluding hydrogens is 467 g/mol. The minimum absolute atomic E-state index is 0.306. The summed E-state index contributed by atoms with van der Waals surface area (Å²) in [5.41, 5.74) is 4.53. The number of pyridine rings is 1. The minimum atomic E-state index is 0.306. The van der Waals surface area contributed by atoms with Crippen LogP contribution in [0.4, 0.5) is 0 Å². The van der Waals surface area contributed by atoms with Crippen molar-refractivity contribution in [3.05, 3.63) is 70.0 Å². The maximum Gasteiger partial charge on any atom is 0.141 e. The van der Waals surface area contributed by atoms with Crippen molar-refractivity contribution in [3.8, 4) is 0 Å². The van der Waals surface area contributed by atoms with E-state index < -0.39 is 0 Å². The van der Waals surface area contributed by atoms with Crippen molar-refractivity contribution in [2.45, 2.75) is 40.2 Å². The molecule has 182 valence electrons. The quantitative estimate of drug-likeness (QED) is 0.382. The number of benzene rings is 1. The highest BCUT2D eigenvalue weighted by molar-refractivity contribution is 6.42. The molecule has 1 N–H and O–H groups in total. The van der Waals surface area contributed by atoms with Crippen LogP contribution in [0.2, 0.25) is 10.0 Å². The van der Waals surface area contributed by atoms with Crippen molar-refractivity contribution < 1.29 is 4.84 Å². The molecule has 4 rings (SSSR count). The van der Waals surface area contributed by atoms with E-state index in [-0.39, 0.29) is 0 Å². The molecule has 1 aliphatic heterocycles. The van der Waals surface area contributed by atoms with Crippen LogP contribution in [0.5, 0.6) is 0 Å². The molecule has 0 atom stereocenters. The van der Waals surface area contributed by atoms with Crippen LogP contribution in [0, 0.1) is 11.8 Å². The zero-order valence-electron chi connectivity index (χ0n) is 20.4. The third kappa shape index (κ3) is 6.84. The van der Waals surface area contributed by atoms with Gasteiger partial charge in [-0.3, -0.25) is 9.98 Å². The van der Waals surface area contributed by atoms with Gasteiger partial charge in [-0.2, -0.15) is 4.73 Å². The minimum Gasteiger partial charge on any atom is -0.409 e. The Labute approximate surface area is 212 Å². The Morgan fingerprint density at radius 3 is 2.68 bits per heavy atom. The Bertz CT molecular complexity index is 1130. The van der Waals surface area contributed by atoms with Gasteiger partial charge in [-0.05, 0) is 68.5 Å². The number of halogens is 2. The number of piperidine rings is 1. The zero-order chi connectivity index (χ0) is 24.5. The molecule has 1 aliphatic rings. The van der Waals surface area contributed by atoms with Gasteiger partial charge >= 0.3 is 0 Å². The third-order valence-electron chi connectivity index (χ3n) is 6.13. The largest absolute Gasteiger partial charge is 0.409 e. The molecule has 1 fully saturated rings. The molecule has 34 heavy (non-hydrogen) atoms. The molecule has 3 heterocycles. The zero-order valence-corrected chi connectivity index (χ0v) is 21.9. The number of hydrogen-bond acceptors (Lipinski definition) is 4.